The molecule has 0 spiro atoms. The van der Waals surface area contributed by atoms with E-state index in [-0.39, 0.29) is 5.56 Å². The van der Waals surface area contributed by atoms with E-state index in [4.69, 9.17) is 27.6 Å². The van der Waals surface area contributed by atoms with Crippen LogP contribution in [-0.4, -0.2) is 26.4 Å². The number of hydrogen-bond donors (Lipinski definition) is 1. The molecule has 8 heteroatoms. The van der Waals surface area contributed by atoms with Crippen LogP contribution in [0.5, 0.6) is 0 Å². The summed E-state index contributed by atoms with van der Waals surface area (Å²) >= 11 is 12.1. The minimum atomic E-state index is -0.0996. The van der Waals surface area contributed by atoms with Crippen LogP contribution in [0.1, 0.15) is 17.0 Å². The highest BCUT2D eigenvalue weighted by Crippen LogP contribution is 2.30. The van der Waals surface area contributed by atoms with E-state index < -0.39 is 0 Å². The second-order valence-electron chi connectivity index (χ2n) is 7.43. The molecule has 4 heterocycles. The molecule has 0 saturated carbocycles. The van der Waals surface area contributed by atoms with Crippen LogP contribution in [0.3, 0.4) is 0 Å². The molecular weight excluding hydrogens is 435 g/mol. The number of aromatic amines is 1. The van der Waals surface area contributed by atoms with Gasteiger partial charge in [0.25, 0.3) is 5.56 Å². The number of aromatic nitrogens is 3. The maximum absolute atomic E-state index is 12.7. The van der Waals surface area contributed by atoms with Crippen molar-refractivity contribution in [2.75, 3.05) is 6.54 Å². The maximum atomic E-state index is 12.7. The van der Waals surface area contributed by atoms with Gasteiger partial charge in [0.05, 0.1) is 27.8 Å². The smallest absolute Gasteiger partial charge is 0.255 e. The van der Waals surface area contributed by atoms with Crippen LogP contribution in [0.2, 0.25) is 10.0 Å². The Morgan fingerprint density at radius 2 is 1.87 bits per heavy atom. The first-order valence-corrected chi connectivity index (χ1v) is 10.6. The molecule has 0 aliphatic carbocycles. The lowest BCUT2D eigenvalue weighted by molar-refractivity contribution is 0.223. The quantitative estimate of drug-likeness (QED) is 0.473. The summed E-state index contributed by atoms with van der Waals surface area (Å²) in [5, 5.41) is 0.998. The van der Waals surface area contributed by atoms with Crippen LogP contribution in [0.15, 0.2) is 64.1 Å². The average molecular weight is 453 g/mol. The van der Waals surface area contributed by atoms with Gasteiger partial charge in [-0.3, -0.25) is 14.7 Å². The highest BCUT2D eigenvalue weighted by Gasteiger charge is 2.22. The monoisotopic (exact) mass is 452 g/mol. The highest BCUT2D eigenvalue weighted by atomic mass is 35.5. The topological polar surface area (TPSA) is 75.0 Å². The summed E-state index contributed by atoms with van der Waals surface area (Å²) in [4.78, 5) is 26.5. The Balaban J connectivity index is 1.33. The van der Waals surface area contributed by atoms with Crippen molar-refractivity contribution in [2.24, 2.45) is 0 Å². The van der Waals surface area contributed by atoms with Crippen molar-refractivity contribution in [3.63, 3.8) is 0 Å². The molecule has 0 radical (unpaired) electrons. The predicted octanol–water partition coefficient (Wildman–Crippen LogP) is 4.96. The molecular formula is C23H18Cl2N4O2. The second kappa shape index (κ2) is 8.30. The number of nitrogens with one attached hydrogen (secondary N) is 1. The fourth-order valence-electron chi connectivity index (χ4n) is 3.75. The highest BCUT2D eigenvalue weighted by molar-refractivity contribution is 6.42. The van der Waals surface area contributed by atoms with E-state index in [0.29, 0.717) is 40.9 Å². The van der Waals surface area contributed by atoms with E-state index in [2.05, 4.69) is 19.9 Å². The molecule has 0 bridgehead atoms. The van der Waals surface area contributed by atoms with E-state index in [1.807, 2.05) is 30.3 Å². The summed E-state index contributed by atoms with van der Waals surface area (Å²) < 4.78 is 6.01. The second-order valence-corrected chi connectivity index (χ2v) is 8.25. The van der Waals surface area contributed by atoms with E-state index in [1.165, 1.54) is 0 Å². The molecule has 0 unspecified atom stereocenters. The van der Waals surface area contributed by atoms with Crippen molar-refractivity contribution in [1.29, 1.82) is 0 Å². The number of rotatable bonds is 4. The van der Waals surface area contributed by atoms with Gasteiger partial charge in [0.1, 0.15) is 17.3 Å². The Morgan fingerprint density at radius 1 is 1.03 bits per heavy atom. The minimum absolute atomic E-state index is 0.0996. The largest absolute Gasteiger partial charge is 0.460 e. The number of furan rings is 1. The van der Waals surface area contributed by atoms with Gasteiger partial charge >= 0.3 is 0 Å². The number of halogens is 2. The summed E-state index contributed by atoms with van der Waals surface area (Å²) in [6.07, 6.45) is 4.08. The summed E-state index contributed by atoms with van der Waals surface area (Å²) in [5.74, 6) is 2.13. The molecule has 1 aromatic carbocycles. The zero-order chi connectivity index (χ0) is 21.4. The minimum Gasteiger partial charge on any atom is -0.460 e. The molecule has 1 aliphatic rings. The molecule has 156 valence electrons. The van der Waals surface area contributed by atoms with Gasteiger partial charge in [-0.2, -0.15) is 0 Å². The molecule has 0 amide bonds. The number of fused-ring (bicyclic) bond motifs is 1. The standard InChI is InChI=1S/C23H18Cl2N4O2/c24-18-3-1-15(11-19(18)25)21-4-2-16(31-21)12-29-10-7-20-17(13-29)23(30)28-22(27-20)14-5-8-26-9-6-14/h1-6,8-9,11H,7,10,12-13H2,(H,27,28,30). The van der Waals surface area contributed by atoms with Crippen molar-refractivity contribution < 1.29 is 4.42 Å². The molecule has 1 aliphatic heterocycles. The van der Waals surface area contributed by atoms with Gasteiger partial charge in [0.15, 0.2) is 0 Å². The lowest BCUT2D eigenvalue weighted by atomic mass is 10.1. The Bertz CT molecular complexity index is 1300. The van der Waals surface area contributed by atoms with Crippen molar-refractivity contribution in [3.8, 4) is 22.7 Å². The SMILES string of the molecule is O=c1[nH]c(-c2ccncc2)nc2c1CN(Cc1ccc(-c3ccc(Cl)c(Cl)c3)o1)CC2. The van der Waals surface area contributed by atoms with E-state index >= 15 is 0 Å². The molecule has 0 atom stereocenters. The van der Waals surface area contributed by atoms with E-state index in [0.717, 1.165) is 34.9 Å². The maximum Gasteiger partial charge on any atom is 0.255 e. The summed E-state index contributed by atoms with van der Waals surface area (Å²) in [6.45, 7) is 1.92. The Morgan fingerprint density at radius 3 is 2.68 bits per heavy atom. The zero-order valence-electron chi connectivity index (χ0n) is 16.4. The number of pyridine rings is 1. The molecule has 5 rings (SSSR count). The normalized spacial score (nSPS) is 13.9. The van der Waals surface area contributed by atoms with Gasteiger partial charge in [-0.15, -0.1) is 0 Å². The summed E-state index contributed by atoms with van der Waals surface area (Å²) in [5.41, 5.74) is 3.18. The van der Waals surface area contributed by atoms with Gasteiger partial charge < -0.3 is 9.40 Å². The predicted molar refractivity (Wildman–Crippen MR) is 120 cm³/mol. The van der Waals surface area contributed by atoms with Crippen LogP contribution in [0.25, 0.3) is 22.7 Å². The molecule has 6 nitrogen and oxygen atoms in total. The third-order valence-electron chi connectivity index (χ3n) is 5.35. The molecule has 3 aromatic heterocycles. The lowest BCUT2D eigenvalue weighted by Crippen LogP contribution is -2.35. The Kier molecular flexibility index (Phi) is 5.36. The molecule has 31 heavy (non-hydrogen) atoms. The lowest BCUT2D eigenvalue weighted by Gasteiger charge is -2.26. The molecule has 1 N–H and O–H groups in total. The number of nitrogens with zero attached hydrogens (tertiary/aromatic N) is 3. The third-order valence-corrected chi connectivity index (χ3v) is 6.09. The van der Waals surface area contributed by atoms with Gasteiger partial charge in [-0.25, -0.2) is 4.98 Å². The van der Waals surface area contributed by atoms with Gasteiger partial charge in [0.2, 0.25) is 0 Å². The van der Waals surface area contributed by atoms with Crippen LogP contribution < -0.4 is 5.56 Å². The Hall–Kier alpha value is -2.93. The summed E-state index contributed by atoms with van der Waals surface area (Å²) in [6, 6.07) is 13.0. The van der Waals surface area contributed by atoms with Crippen molar-refractivity contribution in [3.05, 3.63) is 92.3 Å². The van der Waals surface area contributed by atoms with Crippen LogP contribution in [-0.2, 0) is 19.5 Å². The molecule has 4 aromatic rings. The van der Waals surface area contributed by atoms with Crippen molar-refractivity contribution in [1.82, 2.24) is 19.9 Å². The number of benzene rings is 1. The summed E-state index contributed by atoms with van der Waals surface area (Å²) in [7, 11) is 0. The number of hydrogen-bond acceptors (Lipinski definition) is 5. The van der Waals surface area contributed by atoms with Gasteiger partial charge in [-0.1, -0.05) is 23.2 Å². The first-order chi connectivity index (χ1) is 15.1. The number of H-pyrrole nitrogens is 1. The first kappa shape index (κ1) is 20.0. The fraction of sp³-hybridized carbons (Fsp3) is 0.174. The fourth-order valence-corrected chi connectivity index (χ4v) is 4.05. The average Bonchev–Trinajstić information content (AvgIpc) is 3.25. The van der Waals surface area contributed by atoms with Gasteiger partial charge in [-0.05, 0) is 42.5 Å². The van der Waals surface area contributed by atoms with Crippen LogP contribution in [0, 0.1) is 0 Å². The van der Waals surface area contributed by atoms with Crippen LogP contribution in [0.4, 0.5) is 0 Å². The zero-order valence-corrected chi connectivity index (χ0v) is 18.0. The Labute approximate surface area is 188 Å². The van der Waals surface area contributed by atoms with Crippen molar-refractivity contribution in [2.45, 2.75) is 19.5 Å². The first-order valence-electron chi connectivity index (χ1n) is 9.86. The van der Waals surface area contributed by atoms with Crippen molar-refractivity contribution >= 4 is 23.2 Å². The van der Waals surface area contributed by atoms with Crippen LogP contribution >= 0.6 is 23.2 Å². The molecule has 0 saturated heterocycles. The molecule has 0 fully saturated rings. The van der Waals surface area contributed by atoms with E-state index in [1.54, 1.807) is 24.5 Å². The third kappa shape index (κ3) is 4.14. The van der Waals surface area contributed by atoms with E-state index in [9.17, 15) is 4.79 Å². The van der Waals surface area contributed by atoms with Gasteiger partial charge in [0, 0.05) is 43.0 Å².